The van der Waals surface area contributed by atoms with Crippen LogP contribution in [0.3, 0.4) is 0 Å². The fourth-order valence-corrected chi connectivity index (χ4v) is 0.555. The summed E-state index contributed by atoms with van der Waals surface area (Å²) in [6.45, 7) is 0. The summed E-state index contributed by atoms with van der Waals surface area (Å²) in [5.41, 5.74) is 0. The van der Waals surface area contributed by atoms with Gasteiger partial charge in [0.1, 0.15) is 5.78 Å². The van der Waals surface area contributed by atoms with Crippen LogP contribution < -0.4 is 0 Å². The standard InChI is InChI=1S/C6H10O/c7-6-4-2-1-3-5-6/h1-5H2/i2D2,3D2. The molecule has 0 radical (unpaired) electrons. The lowest BCUT2D eigenvalue weighted by atomic mass is 10.00. The van der Waals surface area contributed by atoms with Crippen LogP contribution in [-0.2, 0) is 4.79 Å². The van der Waals surface area contributed by atoms with Gasteiger partial charge >= 0.3 is 0 Å². The molecule has 40 valence electrons. The van der Waals surface area contributed by atoms with Crippen molar-refractivity contribution >= 4 is 5.78 Å². The van der Waals surface area contributed by atoms with E-state index in [0.717, 1.165) is 0 Å². The average Bonchev–Trinajstić information content (AvgIpc) is 1.49. The van der Waals surface area contributed by atoms with Gasteiger partial charge in [-0.1, -0.05) is 6.42 Å². The normalized spacial score (nSPS) is 45.4. The first-order valence-electron chi connectivity index (χ1n) is 4.33. The molecule has 0 aromatic rings. The minimum atomic E-state index is -1.64. The molecule has 1 aliphatic carbocycles. The molecule has 1 rings (SSSR count). The molecule has 1 heteroatoms. The molecule has 0 spiro atoms. The first-order valence-corrected chi connectivity index (χ1v) is 2.33. The Morgan fingerprint density at radius 3 is 2.43 bits per heavy atom. The summed E-state index contributed by atoms with van der Waals surface area (Å²) in [5.74, 6) is -0.314. The third-order valence-electron chi connectivity index (χ3n) is 0.894. The van der Waals surface area contributed by atoms with Crippen molar-refractivity contribution in [3.8, 4) is 0 Å². The molecular formula is C6H10O. The van der Waals surface area contributed by atoms with Crippen molar-refractivity contribution in [2.45, 2.75) is 32.0 Å². The highest BCUT2D eigenvalue weighted by Gasteiger charge is 2.05. The van der Waals surface area contributed by atoms with Crippen molar-refractivity contribution in [1.29, 1.82) is 0 Å². The van der Waals surface area contributed by atoms with Crippen molar-refractivity contribution in [3.05, 3.63) is 0 Å². The maximum atomic E-state index is 10.8. The maximum absolute atomic E-state index is 10.8. The van der Waals surface area contributed by atoms with E-state index in [2.05, 4.69) is 0 Å². The molecule has 0 aliphatic heterocycles. The van der Waals surface area contributed by atoms with Crippen LogP contribution >= 0.6 is 0 Å². The van der Waals surface area contributed by atoms with Gasteiger partial charge in [-0.25, -0.2) is 0 Å². The number of carbonyl (C=O) groups excluding carboxylic acids is 1. The predicted octanol–water partition coefficient (Wildman–Crippen LogP) is 1.52. The van der Waals surface area contributed by atoms with Crippen molar-refractivity contribution in [1.82, 2.24) is 0 Å². The fourth-order valence-electron chi connectivity index (χ4n) is 0.555. The van der Waals surface area contributed by atoms with E-state index in [0.29, 0.717) is 0 Å². The molecule has 7 heavy (non-hydrogen) atoms. The van der Waals surface area contributed by atoms with Crippen molar-refractivity contribution < 1.29 is 10.3 Å². The van der Waals surface area contributed by atoms with E-state index >= 15 is 0 Å². The Hall–Kier alpha value is -0.330. The lowest BCUT2D eigenvalue weighted by molar-refractivity contribution is -0.120. The summed E-state index contributed by atoms with van der Waals surface area (Å²) < 4.78 is 28.9. The summed E-state index contributed by atoms with van der Waals surface area (Å²) >= 11 is 0. The molecular weight excluding hydrogens is 88.1 g/mol. The molecule has 1 saturated carbocycles. The molecule has 1 fully saturated rings. The Morgan fingerprint density at radius 1 is 1.43 bits per heavy atom. The molecule has 0 amide bonds. The maximum Gasteiger partial charge on any atom is 0.132 e. The molecule has 0 N–H and O–H groups in total. The molecule has 0 aromatic carbocycles. The van der Waals surface area contributed by atoms with Gasteiger partial charge in [0.05, 0.1) is 0 Å². The zero-order valence-corrected chi connectivity index (χ0v) is 4.03. The van der Waals surface area contributed by atoms with E-state index < -0.39 is 12.7 Å². The highest BCUT2D eigenvalue weighted by atomic mass is 16.1. The topological polar surface area (TPSA) is 17.1 Å². The van der Waals surface area contributed by atoms with Crippen molar-refractivity contribution in [2.24, 2.45) is 0 Å². The van der Waals surface area contributed by atoms with Gasteiger partial charge in [-0.15, -0.1) is 0 Å². The number of hydrogen-bond acceptors (Lipinski definition) is 1. The Balaban J connectivity index is 2.74. The second-order valence-electron chi connectivity index (χ2n) is 1.57. The van der Waals surface area contributed by atoms with Crippen molar-refractivity contribution in [2.75, 3.05) is 0 Å². The Labute approximate surface area is 49.3 Å². The molecule has 0 aromatic heterocycles. The van der Waals surface area contributed by atoms with Crippen molar-refractivity contribution in [3.63, 3.8) is 0 Å². The van der Waals surface area contributed by atoms with Gasteiger partial charge in [0.2, 0.25) is 0 Å². The van der Waals surface area contributed by atoms with Crippen LogP contribution in [0, 0.1) is 0 Å². The second-order valence-corrected chi connectivity index (χ2v) is 1.57. The van der Waals surface area contributed by atoms with Crippen LogP contribution in [0.5, 0.6) is 0 Å². The summed E-state index contributed by atoms with van der Waals surface area (Å²) in [7, 11) is 0. The number of ketones is 1. The highest BCUT2D eigenvalue weighted by molar-refractivity contribution is 5.78. The quantitative estimate of drug-likeness (QED) is 0.453. The van der Waals surface area contributed by atoms with Gasteiger partial charge in [0.25, 0.3) is 0 Å². The SMILES string of the molecule is [2H]C1([2H])CC(=O)CC([2H])([2H])C1. The second kappa shape index (κ2) is 2.10. The zero-order chi connectivity index (χ0) is 8.70. The molecule has 1 nitrogen and oxygen atoms in total. The summed E-state index contributed by atoms with van der Waals surface area (Å²) in [6.07, 6.45) is -3.71. The van der Waals surface area contributed by atoms with E-state index in [9.17, 15) is 4.79 Å². The van der Waals surface area contributed by atoms with E-state index in [-0.39, 0.29) is 25.0 Å². The minimum Gasteiger partial charge on any atom is -0.300 e. The number of carbonyl (C=O) groups is 1. The third-order valence-corrected chi connectivity index (χ3v) is 0.894. The van der Waals surface area contributed by atoms with E-state index in [1.54, 1.807) is 0 Å². The highest BCUT2D eigenvalue weighted by Crippen LogP contribution is 2.12. The summed E-state index contributed by atoms with van der Waals surface area (Å²) in [4.78, 5) is 10.8. The lowest BCUT2D eigenvalue weighted by Crippen LogP contribution is -2.02. The van der Waals surface area contributed by atoms with Gasteiger partial charge < -0.3 is 0 Å². The molecule has 0 atom stereocenters. The molecule has 0 heterocycles. The summed E-state index contributed by atoms with van der Waals surface area (Å²) in [6, 6.07) is 0. The van der Waals surface area contributed by atoms with Gasteiger partial charge in [-0.3, -0.25) is 4.79 Å². The first-order chi connectivity index (χ1) is 4.81. The van der Waals surface area contributed by atoms with Gasteiger partial charge in [-0.2, -0.15) is 0 Å². The van der Waals surface area contributed by atoms with Crippen LogP contribution in [0.15, 0.2) is 0 Å². The smallest absolute Gasteiger partial charge is 0.132 e. The van der Waals surface area contributed by atoms with Gasteiger partial charge in [0.15, 0.2) is 0 Å². The fraction of sp³-hybridized carbons (Fsp3) is 0.833. The third kappa shape index (κ3) is 1.30. The van der Waals surface area contributed by atoms with Gasteiger partial charge in [0, 0.05) is 18.3 Å². The van der Waals surface area contributed by atoms with E-state index in [1.807, 2.05) is 0 Å². The predicted molar refractivity (Wildman–Crippen MR) is 28.1 cm³/mol. The van der Waals surface area contributed by atoms with Crippen LogP contribution in [-0.4, -0.2) is 5.78 Å². The summed E-state index contributed by atoms with van der Waals surface area (Å²) in [5, 5.41) is 0. The lowest BCUT2D eigenvalue weighted by Gasteiger charge is -2.05. The minimum absolute atomic E-state index is 0.132. The average molecular weight is 102 g/mol. The molecule has 1 aliphatic rings. The number of Topliss-reactive ketones (excluding diaryl/α,β-unsaturated/α-hetero) is 1. The molecule has 0 unspecified atom stereocenters. The van der Waals surface area contributed by atoms with Crippen LogP contribution in [0.25, 0.3) is 0 Å². The molecule has 0 bridgehead atoms. The number of hydrogen-bond donors (Lipinski definition) is 0. The Bertz CT molecular complexity index is 169. The first kappa shape index (κ1) is 1.88. The zero-order valence-electron chi connectivity index (χ0n) is 8.03. The monoisotopic (exact) mass is 102 g/mol. The largest absolute Gasteiger partial charge is 0.300 e. The van der Waals surface area contributed by atoms with Crippen LogP contribution in [0.2, 0.25) is 0 Å². The Kier molecular flexibility index (Phi) is 0.566. The number of rotatable bonds is 0. The van der Waals surface area contributed by atoms with Crippen LogP contribution in [0.1, 0.15) is 37.5 Å². The van der Waals surface area contributed by atoms with Gasteiger partial charge in [-0.05, 0) is 12.7 Å². The van der Waals surface area contributed by atoms with Crippen LogP contribution in [0.4, 0.5) is 0 Å². The Morgan fingerprint density at radius 2 is 2.00 bits per heavy atom. The van der Waals surface area contributed by atoms with E-state index in [1.165, 1.54) is 0 Å². The molecule has 0 saturated heterocycles. The van der Waals surface area contributed by atoms with E-state index in [4.69, 9.17) is 5.48 Å².